The van der Waals surface area contributed by atoms with E-state index in [4.69, 9.17) is 5.73 Å². The molecule has 0 spiro atoms. The minimum atomic E-state index is -0.433. The largest absolute Gasteiger partial charge is 0.398 e. The first-order valence-electron chi connectivity index (χ1n) is 5.91. The fourth-order valence-electron chi connectivity index (χ4n) is 1.73. The number of carbonyl (C=O) groups is 1. The second-order valence-corrected chi connectivity index (χ2v) is 4.66. The van der Waals surface area contributed by atoms with Crippen LogP contribution in [0.5, 0.6) is 0 Å². The smallest absolute Gasteiger partial charge is 0.251 e. The van der Waals surface area contributed by atoms with Gasteiger partial charge >= 0.3 is 0 Å². The molecule has 1 fully saturated rings. The van der Waals surface area contributed by atoms with Crippen LogP contribution in [0.1, 0.15) is 35.2 Å². The Morgan fingerprint density at radius 3 is 2.82 bits per heavy atom. The number of hydrogen-bond acceptors (Lipinski definition) is 2. The number of carbonyl (C=O) groups excluding carboxylic acids is 1. The molecule has 0 aliphatic heterocycles. The fourth-order valence-corrected chi connectivity index (χ4v) is 1.73. The Labute approximate surface area is 100 Å². The monoisotopic (exact) mass is 236 g/mol. The molecule has 0 radical (unpaired) electrons. The van der Waals surface area contributed by atoms with Crippen LogP contribution in [0, 0.1) is 18.7 Å². The van der Waals surface area contributed by atoms with Gasteiger partial charge in [0.05, 0.1) is 0 Å². The van der Waals surface area contributed by atoms with Gasteiger partial charge in [-0.25, -0.2) is 4.39 Å². The number of nitrogens with two attached hydrogens (primary N) is 1. The third kappa shape index (κ3) is 2.96. The maximum absolute atomic E-state index is 13.4. The van der Waals surface area contributed by atoms with Gasteiger partial charge in [-0.15, -0.1) is 0 Å². The van der Waals surface area contributed by atoms with Crippen LogP contribution in [-0.2, 0) is 0 Å². The topological polar surface area (TPSA) is 55.1 Å². The molecule has 0 aromatic heterocycles. The lowest BCUT2D eigenvalue weighted by atomic mass is 10.1. The summed E-state index contributed by atoms with van der Waals surface area (Å²) in [6.07, 6.45) is 3.54. The van der Waals surface area contributed by atoms with Crippen LogP contribution in [0.15, 0.2) is 12.1 Å². The zero-order valence-corrected chi connectivity index (χ0v) is 9.92. The number of nitrogens with one attached hydrogen (secondary N) is 1. The third-order valence-electron chi connectivity index (χ3n) is 3.18. The minimum Gasteiger partial charge on any atom is -0.398 e. The van der Waals surface area contributed by atoms with E-state index < -0.39 is 5.82 Å². The third-order valence-corrected chi connectivity index (χ3v) is 3.18. The van der Waals surface area contributed by atoms with Gasteiger partial charge in [0.25, 0.3) is 5.91 Å². The highest BCUT2D eigenvalue weighted by atomic mass is 19.1. The standard InChI is InChI=1S/C13H17FN2O/c1-8-11(14)6-10(7-12(8)15)13(17)16-5-4-9-2-3-9/h6-7,9H,2-5,15H2,1H3,(H,16,17). The summed E-state index contributed by atoms with van der Waals surface area (Å²) < 4.78 is 13.4. The van der Waals surface area contributed by atoms with Gasteiger partial charge in [0.15, 0.2) is 0 Å². The van der Waals surface area contributed by atoms with E-state index in [1.807, 2.05) is 0 Å². The molecule has 3 N–H and O–H groups in total. The van der Waals surface area contributed by atoms with Gasteiger partial charge < -0.3 is 11.1 Å². The maximum atomic E-state index is 13.4. The van der Waals surface area contributed by atoms with Crippen molar-refractivity contribution in [3.63, 3.8) is 0 Å². The highest BCUT2D eigenvalue weighted by Crippen LogP contribution is 2.31. The number of rotatable bonds is 4. The molecule has 0 heterocycles. The van der Waals surface area contributed by atoms with Gasteiger partial charge in [-0.05, 0) is 31.4 Å². The van der Waals surface area contributed by atoms with Gasteiger partial charge in [-0.3, -0.25) is 4.79 Å². The van der Waals surface area contributed by atoms with Crippen molar-refractivity contribution in [1.82, 2.24) is 5.32 Å². The molecule has 1 aliphatic carbocycles. The fraction of sp³-hybridized carbons (Fsp3) is 0.462. The highest BCUT2D eigenvalue weighted by Gasteiger charge is 2.20. The molecule has 2 rings (SSSR count). The molecule has 1 saturated carbocycles. The summed E-state index contributed by atoms with van der Waals surface area (Å²) in [4.78, 5) is 11.7. The highest BCUT2D eigenvalue weighted by molar-refractivity contribution is 5.95. The van der Waals surface area contributed by atoms with Crippen molar-refractivity contribution in [3.8, 4) is 0 Å². The van der Waals surface area contributed by atoms with Crippen molar-refractivity contribution in [2.75, 3.05) is 12.3 Å². The van der Waals surface area contributed by atoms with Crippen LogP contribution in [-0.4, -0.2) is 12.5 Å². The molecule has 0 bridgehead atoms. The molecule has 1 aliphatic rings. The van der Waals surface area contributed by atoms with Crippen molar-refractivity contribution in [1.29, 1.82) is 0 Å². The Kier molecular flexibility index (Phi) is 3.31. The summed E-state index contributed by atoms with van der Waals surface area (Å²) in [6, 6.07) is 2.75. The summed E-state index contributed by atoms with van der Waals surface area (Å²) in [5, 5.41) is 2.78. The average molecular weight is 236 g/mol. The summed E-state index contributed by atoms with van der Waals surface area (Å²) >= 11 is 0. The predicted molar refractivity (Wildman–Crippen MR) is 65.2 cm³/mol. The van der Waals surface area contributed by atoms with E-state index in [1.165, 1.54) is 25.0 Å². The van der Waals surface area contributed by atoms with Gasteiger partial charge in [-0.1, -0.05) is 12.8 Å². The summed E-state index contributed by atoms with van der Waals surface area (Å²) in [6.45, 7) is 2.25. The van der Waals surface area contributed by atoms with E-state index in [0.29, 0.717) is 23.4 Å². The number of amides is 1. The number of benzene rings is 1. The molecule has 0 unspecified atom stereocenters. The van der Waals surface area contributed by atoms with Crippen LogP contribution < -0.4 is 11.1 Å². The average Bonchev–Trinajstić information content (AvgIpc) is 3.09. The lowest BCUT2D eigenvalue weighted by Crippen LogP contribution is -2.25. The first kappa shape index (κ1) is 11.9. The predicted octanol–water partition coefficient (Wildman–Crippen LogP) is 2.25. The molecule has 0 saturated heterocycles. The molecule has 1 amide bonds. The van der Waals surface area contributed by atoms with Gasteiger partial charge in [0.1, 0.15) is 5.82 Å². The normalized spacial score (nSPS) is 14.7. The lowest BCUT2D eigenvalue weighted by molar-refractivity contribution is 0.0952. The number of nitrogen functional groups attached to an aromatic ring is 1. The quantitative estimate of drug-likeness (QED) is 0.788. The molecule has 0 atom stereocenters. The molecule has 1 aromatic rings. The molecular formula is C13H17FN2O. The van der Waals surface area contributed by atoms with E-state index in [-0.39, 0.29) is 5.91 Å². The Hall–Kier alpha value is -1.58. The number of anilines is 1. The van der Waals surface area contributed by atoms with Crippen LogP contribution >= 0.6 is 0 Å². The zero-order chi connectivity index (χ0) is 12.4. The van der Waals surface area contributed by atoms with E-state index in [0.717, 1.165) is 12.3 Å². The van der Waals surface area contributed by atoms with E-state index in [9.17, 15) is 9.18 Å². The van der Waals surface area contributed by atoms with Gasteiger partial charge in [-0.2, -0.15) is 0 Å². The zero-order valence-electron chi connectivity index (χ0n) is 9.92. The van der Waals surface area contributed by atoms with Crippen molar-refractivity contribution in [3.05, 3.63) is 29.1 Å². The van der Waals surface area contributed by atoms with Crippen molar-refractivity contribution in [2.45, 2.75) is 26.2 Å². The van der Waals surface area contributed by atoms with Crippen molar-refractivity contribution in [2.24, 2.45) is 5.92 Å². The second-order valence-electron chi connectivity index (χ2n) is 4.66. The molecule has 1 aromatic carbocycles. The molecule has 17 heavy (non-hydrogen) atoms. The minimum absolute atomic E-state index is 0.253. The SMILES string of the molecule is Cc1c(N)cc(C(=O)NCCC2CC2)cc1F. The Balaban J connectivity index is 1.97. The Morgan fingerprint density at radius 2 is 2.24 bits per heavy atom. The first-order valence-corrected chi connectivity index (χ1v) is 5.91. The van der Waals surface area contributed by atoms with Crippen LogP contribution in [0.25, 0.3) is 0 Å². The van der Waals surface area contributed by atoms with Crippen molar-refractivity contribution >= 4 is 11.6 Å². The molecule has 4 heteroatoms. The van der Waals surface area contributed by atoms with E-state index in [1.54, 1.807) is 6.92 Å². The van der Waals surface area contributed by atoms with Gasteiger partial charge in [0, 0.05) is 23.4 Å². The van der Waals surface area contributed by atoms with Crippen LogP contribution in [0.2, 0.25) is 0 Å². The summed E-state index contributed by atoms with van der Waals surface area (Å²) in [5.74, 6) is 0.0868. The summed E-state index contributed by atoms with van der Waals surface area (Å²) in [7, 11) is 0. The van der Waals surface area contributed by atoms with Crippen LogP contribution in [0.3, 0.4) is 0 Å². The van der Waals surface area contributed by atoms with E-state index in [2.05, 4.69) is 5.32 Å². The van der Waals surface area contributed by atoms with Crippen molar-refractivity contribution < 1.29 is 9.18 Å². The first-order chi connectivity index (χ1) is 8.08. The molecular weight excluding hydrogens is 219 g/mol. The Bertz CT molecular complexity index is 418. The maximum Gasteiger partial charge on any atom is 0.251 e. The second kappa shape index (κ2) is 4.73. The van der Waals surface area contributed by atoms with E-state index >= 15 is 0 Å². The van der Waals surface area contributed by atoms with Crippen LogP contribution in [0.4, 0.5) is 10.1 Å². The van der Waals surface area contributed by atoms with Gasteiger partial charge in [0.2, 0.25) is 0 Å². The number of hydrogen-bond donors (Lipinski definition) is 2. The Morgan fingerprint density at radius 1 is 1.53 bits per heavy atom. The summed E-state index contributed by atoms with van der Waals surface area (Å²) in [5.41, 5.74) is 6.62. The molecule has 92 valence electrons. The number of halogens is 1. The lowest BCUT2D eigenvalue weighted by Gasteiger charge is -2.07. The molecule has 3 nitrogen and oxygen atoms in total.